The van der Waals surface area contributed by atoms with Gasteiger partial charge in [0.15, 0.2) is 0 Å². The molecule has 0 aliphatic heterocycles. The number of anilines is 3. The van der Waals surface area contributed by atoms with Crippen LogP contribution in [0.2, 0.25) is 0 Å². The van der Waals surface area contributed by atoms with E-state index in [9.17, 15) is 0 Å². The van der Waals surface area contributed by atoms with Crippen LogP contribution in [0.4, 0.5) is 17.1 Å². The molecule has 47 heavy (non-hydrogen) atoms. The first-order valence-electron chi connectivity index (χ1n) is 15.9. The maximum absolute atomic E-state index is 6.36. The standard InChI is InChI=1S/C44H27NOS/c1-2-10-28(11-3-1)29-18-20-31(21-19-29)45(32-22-23-37-36-15-7-9-17-43(36)47-44(37)26-32)40-24-30-25-42-39(35-14-6-8-16-41(35)46-42)27-38(30)33-12-4-5-13-34(33)40/h1-27H. The Hall–Kier alpha value is -5.90. The van der Waals surface area contributed by atoms with Gasteiger partial charge in [0.1, 0.15) is 11.2 Å². The maximum atomic E-state index is 6.36. The van der Waals surface area contributed by atoms with E-state index in [1.807, 2.05) is 17.4 Å². The molecule has 0 aliphatic rings. The van der Waals surface area contributed by atoms with Crippen molar-refractivity contribution < 1.29 is 4.42 Å². The first-order valence-corrected chi connectivity index (χ1v) is 16.7. The molecule has 3 heteroatoms. The van der Waals surface area contributed by atoms with Gasteiger partial charge in [-0.25, -0.2) is 0 Å². The largest absolute Gasteiger partial charge is 0.456 e. The predicted molar refractivity (Wildman–Crippen MR) is 202 cm³/mol. The Balaban J connectivity index is 1.24. The van der Waals surface area contributed by atoms with E-state index < -0.39 is 0 Å². The summed E-state index contributed by atoms with van der Waals surface area (Å²) in [6.45, 7) is 0. The number of nitrogens with zero attached hydrogens (tertiary/aromatic N) is 1. The minimum atomic E-state index is 0.908. The summed E-state index contributed by atoms with van der Waals surface area (Å²) in [7, 11) is 0. The van der Waals surface area contributed by atoms with Crippen molar-refractivity contribution in [2.45, 2.75) is 0 Å². The van der Waals surface area contributed by atoms with Crippen molar-refractivity contribution in [3.8, 4) is 11.1 Å². The number of hydrogen-bond acceptors (Lipinski definition) is 3. The van der Waals surface area contributed by atoms with Gasteiger partial charge in [0.05, 0.1) is 5.69 Å². The Morgan fingerprint density at radius 1 is 0.383 bits per heavy atom. The van der Waals surface area contributed by atoms with Crippen LogP contribution in [-0.4, -0.2) is 0 Å². The van der Waals surface area contributed by atoms with Gasteiger partial charge in [-0.05, 0) is 81.9 Å². The Labute approximate surface area is 275 Å². The molecule has 0 amide bonds. The first-order chi connectivity index (χ1) is 23.3. The smallest absolute Gasteiger partial charge is 0.136 e. The predicted octanol–water partition coefficient (Wildman–Crippen LogP) is 13.4. The van der Waals surface area contributed by atoms with E-state index in [1.165, 1.54) is 47.5 Å². The quantitative estimate of drug-likeness (QED) is 0.183. The SMILES string of the molecule is c1ccc(-c2ccc(N(c3ccc4c(c3)sc3ccccc34)c3cc4cc5oc6ccccc6c5cc4c4ccccc34)cc2)cc1. The molecule has 0 unspecified atom stereocenters. The molecule has 0 spiro atoms. The second kappa shape index (κ2) is 10.3. The van der Waals surface area contributed by atoms with Gasteiger partial charge in [0.2, 0.25) is 0 Å². The molecule has 10 aromatic rings. The van der Waals surface area contributed by atoms with Crippen LogP contribution in [0.15, 0.2) is 168 Å². The lowest BCUT2D eigenvalue weighted by Gasteiger charge is -2.28. The molecule has 0 atom stereocenters. The molecule has 2 heterocycles. The summed E-state index contributed by atoms with van der Waals surface area (Å²) in [5.74, 6) is 0. The third-order valence-corrected chi connectivity index (χ3v) is 10.6. The van der Waals surface area contributed by atoms with E-state index in [-0.39, 0.29) is 0 Å². The number of benzene rings is 8. The lowest BCUT2D eigenvalue weighted by molar-refractivity contribution is 0.669. The van der Waals surface area contributed by atoms with E-state index in [0.29, 0.717) is 0 Å². The van der Waals surface area contributed by atoms with Crippen LogP contribution in [0, 0.1) is 0 Å². The molecule has 220 valence electrons. The Morgan fingerprint density at radius 2 is 1.04 bits per heavy atom. The Morgan fingerprint density at radius 3 is 1.89 bits per heavy atom. The van der Waals surface area contributed by atoms with Gasteiger partial charge in [-0.2, -0.15) is 0 Å². The van der Waals surface area contributed by atoms with Crippen molar-refractivity contribution in [3.05, 3.63) is 164 Å². The van der Waals surface area contributed by atoms with Crippen LogP contribution in [0.1, 0.15) is 0 Å². The van der Waals surface area contributed by atoms with Crippen molar-refractivity contribution in [1.29, 1.82) is 0 Å². The van der Waals surface area contributed by atoms with Crippen LogP contribution in [-0.2, 0) is 0 Å². The van der Waals surface area contributed by atoms with Crippen molar-refractivity contribution in [2.24, 2.45) is 0 Å². The number of para-hydroxylation sites is 1. The van der Waals surface area contributed by atoms with E-state index >= 15 is 0 Å². The molecule has 0 radical (unpaired) electrons. The highest BCUT2D eigenvalue weighted by Gasteiger charge is 2.20. The van der Waals surface area contributed by atoms with E-state index in [1.54, 1.807) is 0 Å². The number of hydrogen-bond donors (Lipinski definition) is 0. The average molecular weight is 618 g/mol. The van der Waals surface area contributed by atoms with Crippen molar-refractivity contribution in [2.75, 3.05) is 4.90 Å². The molecule has 0 aliphatic carbocycles. The lowest BCUT2D eigenvalue weighted by Crippen LogP contribution is -2.10. The fourth-order valence-corrected chi connectivity index (χ4v) is 8.34. The lowest BCUT2D eigenvalue weighted by atomic mass is 9.97. The van der Waals surface area contributed by atoms with Crippen LogP contribution < -0.4 is 4.90 Å². The zero-order valence-electron chi connectivity index (χ0n) is 25.4. The van der Waals surface area contributed by atoms with Gasteiger partial charge in [-0.15, -0.1) is 11.3 Å². The van der Waals surface area contributed by atoms with Crippen molar-refractivity contribution in [3.63, 3.8) is 0 Å². The maximum Gasteiger partial charge on any atom is 0.136 e. The number of thiophene rings is 1. The van der Waals surface area contributed by atoms with Crippen LogP contribution in [0.3, 0.4) is 0 Å². The highest BCUT2D eigenvalue weighted by atomic mass is 32.1. The Bertz CT molecular complexity index is 2790. The molecule has 2 nitrogen and oxygen atoms in total. The summed E-state index contributed by atoms with van der Waals surface area (Å²) in [5, 5.41) is 9.70. The fourth-order valence-electron chi connectivity index (χ4n) is 7.21. The molecule has 0 saturated heterocycles. The second-order valence-corrected chi connectivity index (χ2v) is 13.2. The molecule has 10 rings (SSSR count). The first kappa shape index (κ1) is 26.3. The van der Waals surface area contributed by atoms with Crippen LogP contribution in [0.5, 0.6) is 0 Å². The number of rotatable bonds is 4. The summed E-state index contributed by atoms with van der Waals surface area (Å²) in [5.41, 5.74) is 7.61. The van der Waals surface area contributed by atoms with E-state index in [2.05, 4.69) is 163 Å². The van der Waals surface area contributed by atoms with Gasteiger partial charge < -0.3 is 9.32 Å². The minimum absolute atomic E-state index is 0.908. The third-order valence-electron chi connectivity index (χ3n) is 9.43. The molecule has 0 saturated carbocycles. The topological polar surface area (TPSA) is 16.4 Å². The Kier molecular flexibility index (Phi) is 5.78. The molecule has 0 N–H and O–H groups in total. The van der Waals surface area contributed by atoms with E-state index in [0.717, 1.165) is 44.4 Å². The summed E-state index contributed by atoms with van der Waals surface area (Å²) in [6.07, 6.45) is 0. The highest BCUT2D eigenvalue weighted by molar-refractivity contribution is 7.25. The highest BCUT2D eigenvalue weighted by Crippen LogP contribution is 2.45. The second-order valence-electron chi connectivity index (χ2n) is 12.1. The number of fused-ring (bicyclic) bond motifs is 9. The minimum Gasteiger partial charge on any atom is -0.456 e. The zero-order chi connectivity index (χ0) is 30.9. The van der Waals surface area contributed by atoms with Gasteiger partial charge in [-0.3, -0.25) is 0 Å². The molecular weight excluding hydrogens is 591 g/mol. The molecular formula is C44H27NOS. The summed E-state index contributed by atoms with van der Waals surface area (Å²) in [6, 6.07) is 59.1. The summed E-state index contributed by atoms with van der Waals surface area (Å²) >= 11 is 1.85. The van der Waals surface area contributed by atoms with Crippen LogP contribution >= 0.6 is 11.3 Å². The van der Waals surface area contributed by atoms with Crippen molar-refractivity contribution >= 4 is 92.1 Å². The summed E-state index contributed by atoms with van der Waals surface area (Å²) < 4.78 is 8.95. The van der Waals surface area contributed by atoms with Crippen molar-refractivity contribution in [1.82, 2.24) is 0 Å². The molecule has 8 aromatic carbocycles. The van der Waals surface area contributed by atoms with Crippen LogP contribution in [0.25, 0.3) is 74.8 Å². The fraction of sp³-hybridized carbons (Fsp3) is 0. The molecule has 0 bridgehead atoms. The monoisotopic (exact) mass is 617 g/mol. The van der Waals surface area contributed by atoms with Gasteiger partial charge >= 0.3 is 0 Å². The zero-order valence-corrected chi connectivity index (χ0v) is 26.2. The summed E-state index contributed by atoms with van der Waals surface area (Å²) in [4.78, 5) is 2.42. The average Bonchev–Trinajstić information content (AvgIpc) is 3.69. The van der Waals surface area contributed by atoms with E-state index in [4.69, 9.17) is 4.42 Å². The molecule has 2 aromatic heterocycles. The van der Waals surface area contributed by atoms with Gasteiger partial charge in [0, 0.05) is 47.7 Å². The van der Waals surface area contributed by atoms with Gasteiger partial charge in [-0.1, -0.05) is 109 Å². The van der Waals surface area contributed by atoms with Gasteiger partial charge in [0.25, 0.3) is 0 Å². The number of furan rings is 1. The third kappa shape index (κ3) is 4.17. The molecule has 0 fully saturated rings. The normalized spacial score (nSPS) is 11.8.